The molecule has 1 spiro atoms. The van der Waals surface area contributed by atoms with E-state index in [-0.39, 0.29) is 47.5 Å². The smallest absolute Gasteiger partial charge is 0.332 e. The van der Waals surface area contributed by atoms with Crippen LogP contribution < -0.4 is 16.6 Å². The first-order valence-electron chi connectivity index (χ1n) is 17.2. The molecule has 0 radical (unpaired) electrons. The van der Waals surface area contributed by atoms with Gasteiger partial charge in [-0.25, -0.2) is 8.98 Å². The maximum atomic E-state index is 13.8. The van der Waals surface area contributed by atoms with Crippen molar-refractivity contribution in [2.45, 2.75) is 122 Å². The Morgan fingerprint density at radius 3 is 2.20 bits per heavy atom. The number of benzene rings is 1. The van der Waals surface area contributed by atoms with Crippen molar-refractivity contribution in [3.63, 3.8) is 0 Å². The Hall–Kier alpha value is -2.87. The first kappa shape index (κ1) is 40.9. The van der Waals surface area contributed by atoms with E-state index in [9.17, 15) is 22.8 Å². The predicted octanol–water partition coefficient (Wildman–Crippen LogP) is 4.83. The molecule has 1 aromatic heterocycles. The quantitative estimate of drug-likeness (QED) is 0.180. The lowest BCUT2D eigenvalue weighted by Gasteiger charge is -2.44. The first-order valence-corrected chi connectivity index (χ1v) is 24.5. The Kier molecular flexibility index (Phi) is 11.6. The highest BCUT2D eigenvalue weighted by molar-refractivity contribution is 7.90. The number of nitrogens with zero attached hydrogens (tertiary/aromatic N) is 2. The number of hydrogen-bond acceptors (Lipinski definition) is 11. The number of carbonyl (C=O) groups excluding carboxylic acids is 1. The fourth-order valence-corrected chi connectivity index (χ4v) is 9.05. The van der Waals surface area contributed by atoms with Crippen molar-refractivity contribution in [1.29, 1.82) is 0 Å². The largest absolute Gasteiger partial charge is 0.461 e. The molecule has 4 unspecified atom stereocenters. The Balaban J connectivity index is 1.82. The Morgan fingerprint density at radius 2 is 1.61 bits per heavy atom. The van der Waals surface area contributed by atoms with Crippen LogP contribution in [0.4, 0.5) is 0 Å². The highest BCUT2D eigenvalue weighted by atomic mass is 32.2. The highest BCUT2D eigenvalue weighted by Gasteiger charge is 2.68. The molecule has 0 amide bonds. The van der Waals surface area contributed by atoms with Crippen LogP contribution in [0.2, 0.25) is 36.3 Å². The molecule has 1 saturated heterocycles. The van der Waals surface area contributed by atoms with E-state index in [2.05, 4.69) is 39.2 Å². The van der Waals surface area contributed by atoms with Gasteiger partial charge in [0.15, 0.2) is 28.5 Å². The van der Waals surface area contributed by atoms with Gasteiger partial charge in [0, 0.05) is 25.4 Å². The molecule has 2 aliphatic rings. The summed E-state index contributed by atoms with van der Waals surface area (Å²) in [5.41, 5.74) is -1.75. The van der Waals surface area contributed by atoms with E-state index in [1.54, 1.807) is 6.92 Å². The minimum Gasteiger partial charge on any atom is -0.461 e. The zero-order valence-electron chi connectivity index (χ0n) is 32.0. The summed E-state index contributed by atoms with van der Waals surface area (Å²) in [6.07, 6.45) is -2.20. The zero-order chi connectivity index (χ0) is 38.4. The summed E-state index contributed by atoms with van der Waals surface area (Å²) in [4.78, 5) is 39.3. The van der Waals surface area contributed by atoms with Gasteiger partial charge in [0.2, 0.25) is 0 Å². The average Bonchev–Trinajstić information content (AvgIpc) is 3.46. The Labute approximate surface area is 303 Å². The van der Waals surface area contributed by atoms with Gasteiger partial charge in [-0.15, -0.1) is 0 Å². The van der Waals surface area contributed by atoms with Crippen LogP contribution in [0, 0.1) is 6.92 Å². The van der Waals surface area contributed by atoms with Crippen LogP contribution in [0.25, 0.3) is 0 Å². The van der Waals surface area contributed by atoms with Crippen molar-refractivity contribution in [2.24, 2.45) is 7.05 Å². The van der Waals surface area contributed by atoms with Gasteiger partial charge in [-0.05, 0) is 48.8 Å². The third kappa shape index (κ3) is 8.52. The molecule has 0 aliphatic carbocycles. The number of nitrogens with one attached hydrogen (secondary N) is 1. The lowest BCUT2D eigenvalue weighted by Crippen LogP contribution is -2.60. The Bertz CT molecular complexity index is 1860. The van der Waals surface area contributed by atoms with Crippen molar-refractivity contribution in [2.75, 3.05) is 13.2 Å². The second kappa shape index (κ2) is 14.5. The van der Waals surface area contributed by atoms with Crippen molar-refractivity contribution >= 4 is 32.7 Å². The van der Waals surface area contributed by atoms with Crippen molar-refractivity contribution in [3.8, 4) is 0 Å². The van der Waals surface area contributed by atoms with Crippen LogP contribution in [0.3, 0.4) is 0 Å². The van der Waals surface area contributed by atoms with Gasteiger partial charge >= 0.3 is 11.7 Å². The van der Waals surface area contributed by atoms with E-state index in [0.717, 1.165) is 15.5 Å². The van der Waals surface area contributed by atoms with Gasteiger partial charge in [-0.1, -0.05) is 71.9 Å². The van der Waals surface area contributed by atoms with Gasteiger partial charge in [0.05, 0.1) is 24.1 Å². The van der Waals surface area contributed by atoms with Gasteiger partial charge in [-0.3, -0.25) is 18.7 Å². The van der Waals surface area contributed by atoms with Gasteiger partial charge in [0.1, 0.15) is 18.8 Å². The highest BCUT2D eigenvalue weighted by Crippen LogP contribution is 2.52. The fourth-order valence-electron chi connectivity index (χ4n) is 5.49. The minimum absolute atomic E-state index is 0.00622. The van der Waals surface area contributed by atoms with Gasteiger partial charge in [-0.2, -0.15) is 8.42 Å². The molecule has 1 N–H and O–H groups in total. The van der Waals surface area contributed by atoms with Gasteiger partial charge in [0.25, 0.3) is 15.7 Å². The molecule has 1 fully saturated rings. The third-order valence-electron chi connectivity index (χ3n) is 10.7. The van der Waals surface area contributed by atoms with Gasteiger partial charge < -0.3 is 23.6 Å². The van der Waals surface area contributed by atoms with E-state index < -0.39 is 68.0 Å². The summed E-state index contributed by atoms with van der Waals surface area (Å²) in [5, 5.41) is 3.60. The van der Waals surface area contributed by atoms with E-state index in [0.29, 0.717) is 0 Å². The molecule has 1 aromatic carbocycles. The maximum absolute atomic E-state index is 13.8. The van der Waals surface area contributed by atoms with Crippen molar-refractivity contribution < 1.29 is 35.7 Å². The summed E-state index contributed by atoms with van der Waals surface area (Å²) in [6.45, 7) is 22.1. The number of carbonyl (C=O) groups is 1. The molecule has 4 rings (SSSR count). The molecule has 2 aliphatic heterocycles. The van der Waals surface area contributed by atoms with E-state index in [4.69, 9.17) is 22.5 Å². The van der Waals surface area contributed by atoms with E-state index in [1.165, 1.54) is 17.8 Å². The predicted molar refractivity (Wildman–Crippen MR) is 199 cm³/mol. The molecule has 0 saturated carbocycles. The zero-order valence-corrected chi connectivity index (χ0v) is 34.8. The summed E-state index contributed by atoms with van der Waals surface area (Å²) >= 11 is 0. The summed E-state index contributed by atoms with van der Waals surface area (Å²) in [5.74, 6) is -0.484. The second-order valence-electron chi connectivity index (χ2n) is 16.5. The summed E-state index contributed by atoms with van der Waals surface area (Å²) in [6, 6.07) is 9.28. The van der Waals surface area contributed by atoms with Crippen LogP contribution in [0.15, 0.2) is 57.2 Å². The molecular formula is C35H55N3O10SSi2. The normalized spacial score (nSPS) is 23.8. The standard InChI is InChI=1S/C35H55N3O10SSi2/c1-24-20-38(32(41)37(8)30(24)40)31-29(47-51(11,12)34(5,6)7)35(27(46-31)22-45-50(9,10)33(2,3)4)26(23-49(42,43)48-35)36-19-18-28(39)44-21-25-16-14-13-15-17-25/h13-17,20,23,27,29,31,36H,18-19,21-22H2,1-12H3. The Morgan fingerprint density at radius 1 is 1.00 bits per heavy atom. The molecule has 2 aromatic rings. The van der Waals surface area contributed by atoms with Crippen LogP contribution in [0.5, 0.6) is 0 Å². The average molecular weight is 766 g/mol. The van der Waals surface area contributed by atoms with E-state index in [1.807, 2.05) is 64.2 Å². The molecule has 51 heavy (non-hydrogen) atoms. The number of aromatic nitrogens is 2. The molecule has 0 bridgehead atoms. The number of ether oxygens (including phenoxy) is 2. The van der Waals surface area contributed by atoms with Crippen molar-refractivity contribution in [1.82, 2.24) is 14.5 Å². The SMILES string of the molecule is Cc1cn(C2OC(CO[Si](C)(C)C(C)(C)C)C3(OS(=O)(=O)C=C3NCCC(=O)OCc3ccccc3)C2O[Si](C)(C)C(C)(C)C)c(=O)n(C)c1=O. The maximum Gasteiger partial charge on any atom is 0.332 e. The number of hydrogen-bond donors (Lipinski definition) is 1. The summed E-state index contributed by atoms with van der Waals surface area (Å²) in [7, 11) is -8.18. The minimum atomic E-state index is -4.33. The first-order chi connectivity index (χ1) is 23.3. The molecular weight excluding hydrogens is 711 g/mol. The number of rotatable bonds is 12. The molecule has 4 atom stereocenters. The van der Waals surface area contributed by atoms with Crippen LogP contribution in [0.1, 0.15) is 65.3 Å². The topological polar surface area (TPSA) is 153 Å². The number of esters is 1. The monoisotopic (exact) mass is 765 g/mol. The molecule has 284 valence electrons. The fraction of sp³-hybridized carbons (Fsp3) is 0.629. The van der Waals surface area contributed by atoms with Crippen LogP contribution in [-0.4, -0.2) is 71.1 Å². The second-order valence-corrected chi connectivity index (χ2v) is 27.4. The lowest BCUT2D eigenvalue weighted by molar-refractivity contribution is -0.144. The molecule has 13 nitrogen and oxygen atoms in total. The molecule has 3 heterocycles. The van der Waals surface area contributed by atoms with Crippen molar-refractivity contribution in [3.05, 3.63) is 79.6 Å². The third-order valence-corrected chi connectivity index (χ3v) is 20.7. The summed E-state index contributed by atoms with van der Waals surface area (Å²) < 4.78 is 61.4. The lowest BCUT2D eigenvalue weighted by atomic mass is 9.89. The molecule has 16 heteroatoms. The van der Waals surface area contributed by atoms with E-state index >= 15 is 0 Å². The van der Waals surface area contributed by atoms with Crippen LogP contribution in [-0.2, 0) is 51.1 Å². The van der Waals surface area contributed by atoms with Crippen LogP contribution >= 0.6 is 0 Å². The number of aryl methyl sites for hydroxylation is 1.